The average Bonchev–Trinajstić information content (AvgIpc) is 2.62. The van der Waals surface area contributed by atoms with Crippen LogP contribution in [0.1, 0.15) is 37.8 Å². The molecule has 132 valence electrons. The van der Waals surface area contributed by atoms with E-state index in [1.54, 1.807) is 20.2 Å². The largest absolute Gasteiger partial charge is 0.495 e. The van der Waals surface area contributed by atoms with Crippen molar-refractivity contribution < 1.29 is 9.53 Å². The molecule has 5 nitrogen and oxygen atoms in total. The van der Waals surface area contributed by atoms with E-state index in [1.807, 2.05) is 36.4 Å². The number of methoxy groups -OCH3 is 1. The van der Waals surface area contributed by atoms with Gasteiger partial charge in [0.25, 0.3) is 5.91 Å². The van der Waals surface area contributed by atoms with Gasteiger partial charge in [-0.1, -0.05) is 50.2 Å². The highest BCUT2D eigenvalue weighted by Crippen LogP contribution is 2.23. The van der Waals surface area contributed by atoms with Gasteiger partial charge < -0.3 is 10.1 Å². The Morgan fingerprint density at radius 3 is 2.40 bits per heavy atom. The maximum atomic E-state index is 12.2. The van der Waals surface area contributed by atoms with Gasteiger partial charge in [0.2, 0.25) is 0 Å². The van der Waals surface area contributed by atoms with Crippen LogP contribution in [-0.2, 0) is 4.79 Å². The van der Waals surface area contributed by atoms with E-state index in [0.29, 0.717) is 11.7 Å². The molecule has 0 spiro atoms. The van der Waals surface area contributed by atoms with Crippen LogP contribution < -0.4 is 15.5 Å². The molecular formula is C20H25N3O2. The number of ether oxygens (including phenoxy) is 1. The van der Waals surface area contributed by atoms with E-state index in [4.69, 9.17) is 4.74 Å². The zero-order valence-corrected chi connectivity index (χ0v) is 15.1. The molecule has 1 amide bonds. The maximum absolute atomic E-state index is 12.2. The monoisotopic (exact) mass is 339 g/mol. The molecule has 1 atom stereocenters. The Hall–Kier alpha value is -2.82. The van der Waals surface area contributed by atoms with Gasteiger partial charge in [-0.15, -0.1) is 0 Å². The minimum Gasteiger partial charge on any atom is -0.495 e. The van der Waals surface area contributed by atoms with Gasteiger partial charge in [0.1, 0.15) is 11.8 Å². The summed E-state index contributed by atoms with van der Waals surface area (Å²) in [6, 6.07) is 15.1. The molecule has 2 aromatic rings. The number of hydrogen-bond acceptors (Lipinski definition) is 4. The highest BCUT2D eigenvalue weighted by Gasteiger charge is 2.13. The summed E-state index contributed by atoms with van der Waals surface area (Å²) in [5.74, 6) is 0.962. The first-order valence-electron chi connectivity index (χ1n) is 8.33. The van der Waals surface area contributed by atoms with Crippen molar-refractivity contribution in [3.8, 4) is 5.75 Å². The van der Waals surface area contributed by atoms with Gasteiger partial charge in [-0.25, -0.2) is 5.43 Å². The molecule has 25 heavy (non-hydrogen) atoms. The van der Waals surface area contributed by atoms with Crippen LogP contribution in [-0.4, -0.2) is 25.3 Å². The van der Waals surface area contributed by atoms with Crippen molar-refractivity contribution in [1.82, 2.24) is 5.43 Å². The number of benzene rings is 2. The predicted octanol–water partition coefficient (Wildman–Crippen LogP) is 3.77. The summed E-state index contributed by atoms with van der Waals surface area (Å²) in [5.41, 5.74) is 5.53. The van der Waals surface area contributed by atoms with E-state index in [-0.39, 0.29) is 5.91 Å². The number of hydrazone groups is 1. The van der Waals surface area contributed by atoms with Crippen molar-refractivity contribution in [2.24, 2.45) is 5.10 Å². The second-order valence-corrected chi connectivity index (χ2v) is 6.12. The number of nitrogens with zero attached hydrogens (tertiary/aromatic N) is 1. The van der Waals surface area contributed by atoms with Crippen molar-refractivity contribution in [3.05, 3.63) is 59.7 Å². The average molecular weight is 339 g/mol. The van der Waals surface area contributed by atoms with Crippen LogP contribution in [0.5, 0.6) is 5.75 Å². The summed E-state index contributed by atoms with van der Waals surface area (Å²) in [7, 11) is 1.60. The minimum absolute atomic E-state index is 0.221. The number of amides is 1. The Labute approximate surface area is 149 Å². The summed E-state index contributed by atoms with van der Waals surface area (Å²) >= 11 is 0. The van der Waals surface area contributed by atoms with Gasteiger partial charge in [-0.05, 0) is 36.1 Å². The predicted molar refractivity (Wildman–Crippen MR) is 102 cm³/mol. The second kappa shape index (κ2) is 8.87. The van der Waals surface area contributed by atoms with Gasteiger partial charge >= 0.3 is 0 Å². The van der Waals surface area contributed by atoms with E-state index < -0.39 is 6.04 Å². The Bertz CT molecular complexity index is 724. The van der Waals surface area contributed by atoms with Crippen LogP contribution in [0.3, 0.4) is 0 Å². The van der Waals surface area contributed by atoms with Gasteiger partial charge in [-0.3, -0.25) is 4.79 Å². The summed E-state index contributed by atoms with van der Waals surface area (Å²) < 4.78 is 5.27. The van der Waals surface area contributed by atoms with Crippen LogP contribution in [0, 0.1) is 0 Å². The molecule has 0 radical (unpaired) electrons. The highest BCUT2D eigenvalue weighted by atomic mass is 16.5. The normalized spacial score (nSPS) is 12.2. The molecule has 0 bridgehead atoms. The van der Waals surface area contributed by atoms with Crippen LogP contribution in [0.25, 0.3) is 0 Å². The molecule has 0 aliphatic heterocycles. The first-order chi connectivity index (χ1) is 12.0. The Morgan fingerprint density at radius 2 is 1.76 bits per heavy atom. The van der Waals surface area contributed by atoms with E-state index in [1.165, 1.54) is 5.56 Å². The third-order valence-corrected chi connectivity index (χ3v) is 3.86. The first kappa shape index (κ1) is 18.5. The molecule has 0 fully saturated rings. The van der Waals surface area contributed by atoms with Gasteiger partial charge in [-0.2, -0.15) is 5.10 Å². The zero-order valence-electron chi connectivity index (χ0n) is 15.1. The summed E-state index contributed by atoms with van der Waals surface area (Å²) in [5, 5.41) is 7.14. The van der Waals surface area contributed by atoms with E-state index in [0.717, 1.165) is 11.3 Å². The number of carbonyl (C=O) groups is 1. The lowest BCUT2D eigenvalue weighted by Gasteiger charge is -2.15. The molecule has 0 heterocycles. The number of rotatable bonds is 7. The van der Waals surface area contributed by atoms with Crippen LogP contribution in [0.2, 0.25) is 0 Å². The topological polar surface area (TPSA) is 62.7 Å². The molecule has 1 unspecified atom stereocenters. The second-order valence-electron chi connectivity index (χ2n) is 6.12. The Balaban J connectivity index is 1.90. The van der Waals surface area contributed by atoms with Gasteiger partial charge in [0.15, 0.2) is 0 Å². The molecule has 0 saturated heterocycles. The SMILES string of the molecule is COc1ccccc1NC(C)C(=O)NN=Cc1ccc(C(C)C)cc1. The zero-order chi connectivity index (χ0) is 18.2. The lowest BCUT2D eigenvalue weighted by Crippen LogP contribution is -2.35. The van der Waals surface area contributed by atoms with E-state index >= 15 is 0 Å². The van der Waals surface area contributed by atoms with E-state index in [2.05, 4.69) is 41.8 Å². The van der Waals surface area contributed by atoms with Crippen LogP contribution in [0.15, 0.2) is 53.6 Å². The lowest BCUT2D eigenvalue weighted by atomic mass is 10.0. The smallest absolute Gasteiger partial charge is 0.262 e. The standard InChI is InChI=1S/C20H25N3O2/c1-14(2)17-11-9-16(10-12-17)13-21-23-20(24)15(3)22-18-7-5-6-8-19(18)25-4/h5-15,22H,1-4H3,(H,23,24). The van der Waals surface area contributed by atoms with E-state index in [9.17, 15) is 4.79 Å². The summed E-state index contributed by atoms with van der Waals surface area (Å²) in [6.45, 7) is 6.08. The number of nitrogens with one attached hydrogen (secondary N) is 2. The fraction of sp³-hybridized carbons (Fsp3) is 0.300. The molecule has 2 aromatic carbocycles. The van der Waals surface area contributed by atoms with Crippen molar-refractivity contribution in [2.45, 2.75) is 32.7 Å². The molecule has 2 rings (SSSR count). The third kappa shape index (κ3) is 5.35. The van der Waals surface area contributed by atoms with Crippen LogP contribution in [0.4, 0.5) is 5.69 Å². The number of para-hydroxylation sites is 2. The molecule has 2 N–H and O–H groups in total. The molecule has 0 saturated carbocycles. The van der Waals surface area contributed by atoms with Crippen molar-refractivity contribution in [1.29, 1.82) is 0 Å². The van der Waals surface area contributed by atoms with Gasteiger partial charge in [0.05, 0.1) is 19.0 Å². The molecule has 0 aliphatic carbocycles. The summed E-state index contributed by atoms with van der Waals surface area (Å²) in [4.78, 5) is 12.2. The molecule has 0 aliphatic rings. The Kier molecular flexibility index (Phi) is 6.57. The van der Waals surface area contributed by atoms with Crippen molar-refractivity contribution >= 4 is 17.8 Å². The van der Waals surface area contributed by atoms with Crippen molar-refractivity contribution in [3.63, 3.8) is 0 Å². The molecule has 0 aromatic heterocycles. The lowest BCUT2D eigenvalue weighted by molar-refractivity contribution is -0.121. The number of anilines is 1. The van der Waals surface area contributed by atoms with Crippen LogP contribution >= 0.6 is 0 Å². The number of hydrogen-bond donors (Lipinski definition) is 2. The fourth-order valence-electron chi connectivity index (χ4n) is 2.30. The summed E-state index contributed by atoms with van der Waals surface area (Å²) in [6.07, 6.45) is 1.64. The van der Waals surface area contributed by atoms with Crippen molar-refractivity contribution in [2.75, 3.05) is 12.4 Å². The maximum Gasteiger partial charge on any atom is 0.262 e. The molecular weight excluding hydrogens is 314 g/mol. The Morgan fingerprint density at radius 1 is 1.08 bits per heavy atom. The fourth-order valence-corrected chi connectivity index (χ4v) is 2.30. The highest BCUT2D eigenvalue weighted by molar-refractivity contribution is 5.86. The molecule has 5 heteroatoms. The number of carbonyl (C=O) groups excluding carboxylic acids is 1. The third-order valence-electron chi connectivity index (χ3n) is 3.86. The first-order valence-corrected chi connectivity index (χ1v) is 8.33. The van der Waals surface area contributed by atoms with Gasteiger partial charge in [0, 0.05) is 0 Å². The minimum atomic E-state index is -0.447. The quantitative estimate of drug-likeness (QED) is 0.596.